The average molecular weight is 335 g/mol. The van der Waals surface area contributed by atoms with Crippen LogP contribution in [0.1, 0.15) is 55.8 Å². The molecule has 1 aromatic heterocycles. The van der Waals surface area contributed by atoms with E-state index in [2.05, 4.69) is 30.1 Å². The van der Waals surface area contributed by atoms with Crippen LogP contribution in [-0.2, 0) is 0 Å². The molecule has 3 rings (SSSR count). The van der Waals surface area contributed by atoms with E-state index in [0.29, 0.717) is 18.1 Å². The number of fused-ring (bicyclic) bond motifs is 3. The number of aldehydes is 1. The van der Waals surface area contributed by atoms with Crippen molar-refractivity contribution in [1.29, 1.82) is 0 Å². The third-order valence-corrected chi connectivity index (χ3v) is 4.57. The lowest BCUT2D eigenvalue weighted by atomic mass is 10.1. The predicted molar refractivity (Wildman–Crippen MR) is 104 cm³/mol. The van der Waals surface area contributed by atoms with Crippen molar-refractivity contribution >= 4 is 28.0 Å². The highest BCUT2D eigenvalue weighted by molar-refractivity contribution is 6.06. The Morgan fingerprint density at radius 1 is 0.960 bits per heavy atom. The number of carbonyl (C=O) groups is 1. The van der Waals surface area contributed by atoms with Crippen molar-refractivity contribution in [2.75, 3.05) is 6.61 Å². The van der Waals surface area contributed by atoms with Gasteiger partial charge in [0.2, 0.25) is 5.88 Å². The first-order chi connectivity index (χ1) is 12.3. The second-order valence-corrected chi connectivity index (χ2v) is 6.48. The highest BCUT2D eigenvalue weighted by atomic mass is 16.5. The minimum Gasteiger partial charge on any atom is -0.477 e. The number of carbonyl (C=O) groups excluding carboxylic acids is 1. The topological polar surface area (TPSA) is 39.2 Å². The van der Waals surface area contributed by atoms with Crippen molar-refractivity contribution in [3.63, 3.8) is 0 Å². The molecule has 0 fully saturated rings. The van der Waals surface area contributed by atoms with Crippen LogP contribution in [-0.4, -0.2) is 17.9 Å². The van der Waals surface area contributed by atoms with E-state index in [9.17, 15) is 4.79 Å². The van der Waals surface area contributed by atoms with Gasteiger partial charge >= 0.3 is 0 Å². The maximum Gasteiger partial charge on any atom is 0.224 e. The molecule has 0 unspecified atom stereocenters. The van der Waals surface area contributed by atoms with Crippen LogP contribution in [0.4, 0.5) is 0 Å². The fourth-order valence-corrected chi connectivity index (χ4v) is 3.16. The van der Waals surface area contributed by atoms with Crippen LogP contribution >= 0.6 is 0 Å². The Balaban J connectivity index is 1.77. The van der Waals surface area contributed by atoms with Gasteiger partial charge in [0, 0.05) is 10.8 Å². The van der Waals surface area contributed by atoms with E-state index in [1.54, 1.807) is 0 Å². The summed E-state index contributed by atoms with van der Waals surface area (Å²) in [6, 6.07) is 14.1. The smallest absolute Gasteiger partial charge is 0.224 e. The number of unbranched alkanes of at least 4 members (excludes halogenated alkanes) is 5. The summed E-state index contributed by atoms with van der Waals surface area (Å²) in [4.78, 5) is 16.1. The summed E-state index contributed by atoms with van der Waals surface area (Å²) in [5, 5.41) is 3.19. The highest BCUT2D eigenvalue weighted by Gasteiger charge is 2.10. The van der Waals surface area contributed by atoms with Gasteiger partial charge in [-0.25, -0.2) is 4.98 Å². The summed E-state index contributed by atoms with van der Waals surface area (Å²) in [5.74, 6) is 0.451. The van der Waals surface area contributed by atoms with Gasteiger partial charge in [0.15, 0.2) is 6.29 Å². The van der Waals surface area contributed by atoms with Crippen molar-refractivity contribution in [3.05, 3.63) is 48.0 Å². The van der Waals surface area contributed by atoms with Gasteiger partial charge in [-0.15, -0.1) is 0 Å². The molecule has 0 aliphatic carbocycles. The van der Waals surface area contributed by atoms with Gasteiger partial charge in [0.1, 0.15) is 0 Å². The molecule has 0 radical (unpaired) electrons. The minimum atomic E-state index is 0.451. The quantitative estimate of drug-likeness (QED) is 0.276. The molecule has 3 nitrogen and oxygen atoms in total. The number of pyridine rings is 1. The lowest BCUT2D eigenvalue weighted by Gasteiger charge is -2.10. The zero-order valence-corrected chi connectivity index (χ0v) is 14.8. The molecule has 0 spiro atoms. The highest BCUT2D eigenvalue weighted by Crippen LogP contribution is 2.28. The van der Waals surface area contributed by atoms with Crippen LogP contribution in [0.3, 0.4) is 0 Å². The molecular weight excluding hydrogens is 310 g/mol. The lowest BCUT2D eigenvalue weighted by Crippen LogP contribution is -2.02. The van der Waals surface area contributed by atoms with Crippen LogP contribution in [0.25, 0.3) is 21.7 Å². The zero-order valence-electron chi connectivity index (χ0n) is 14.8. The molecule has 0 aliphatic rings. The molecule has 3 aromatic rings. The van der Waals surface area contributed by atoms with Gasteiger partial charge in [-0.2, -0.15) is 0 Å². The van der Waals surface area contributed by atoms with Gasteiger partial charge in [0.05, 0.1) is 17.7 Å². The van der Waals surface area contributed by atoms with Crippen molar-refractivity contribution in [1.82, 2.24) is 4.98 Å². The van der Waals surface area contributed by atoms with E-state index in [1.165, 1.54) is 25.7 Å². The van der Waals surface area contributed by atoms with Gasteiger partial charge in [-0.3, -0.25) is 4.79 Å². The fraction of sp³-hybridized carbons (Fsp3) is 0.364. The Bertz CT molecular complexity index is 857. The lowest BCUT2D eigenvalue weighted by molar-refractivity contribution is 0.111. The van der Waals surface area contributed by atoms with Crippen LogP contribution in [0.2, 0.25) is 0 Å². The van der Waals surface area contributed by atoms with Gasteiger partial charge < -0.3 is 4.74 Å². The molecule has 25 heavy (non-hydrogen) atoms. The van der Waals surface area contributed by atoms with Crippen molar-refractivity contribution in [2.45, 2.75) is 45.4 Å². The monoisotopic (exact) mass is 335 g/mol. The molecule has 0 aliphatic heterocycles. The third kappa shape index (κ3) is 4.16. The molecule has 0 bridgehead atoms. The number of nitrogens with zero attached hydrogens (tertiary/aromatic N) is 1. The molecule has 1 heterocycles. The molecule has 0 N–H and O–H groups in total. The molecule has 0 saturated heterocycles. The summed E-state index contributed by atoms with van der Waals surface area (Å²) in [5.41, 5.74) is 1.41. The summed E-state index contributed by atoms with van der Waals surface area (Å²) in [6.45, 7) is 2.83. The van der Waals surface area contributed by atoms with Crippen LogP contribution in [0, 0.1) is 0 Å². The fourth-order valence-electron chi connectivity index (χ4n) is 3.16. The average Bonchev–Trinajstić information content (AvgIpc) is 2.66. The van der Waals surface area contributed by atoms with E-state index in [-0.39, 0.29) is 0 Å². The molecule has 0 amide bonds. The predicted octanol–water partition coefficient (Wildman–Crippen LogP) is 5.94. The second kappa shape index (κ2) is 8.61. The standard InChI is InChI=1S/C22H25NO2/c1-2-3-4-5-6-9-14-25-22-19(16-24)15-18-13-12-17-10-7-8-11-20(17)21(18)23-22/h7-8,10-13,15-16H,2-6,9,14H2,1H3. The third-order valence-electron chi connectivity index (χ3n) is 4.57. The second-order valence-electron chi connectivity index (χ2n) is 6.48. The zero-order chi connectivity index (χ0) is 17.5. The van der Waals surface area contributed by atoms with Crippen molar-refractivity contribution in [2.24, 2.45) is 0 Å². The Morgan fingerprint density at radius 2 is 1.72 bits per heavy atom. The summed E-state index contributed by atoms with van der Waals surface area (Å²) < 4.78 is 5.85. The molecule has 2 aromatic carbocycles. The first kappa shape index (κ1) is 17.4. The summed E-state index contributed by atoms with van der Waals surface area (Å²) >= 11 is 0. The first-order valence-electron chi connectivity index (χ1n) is 9.24. The van der Waals surface area contributed by atoms with E-state index < -0.39 is 0 Å². The Hall–Kier alpha value is -2.42. The Morgan fingerprint density at radius 3 is 2.56 bits per heavy atom. The first-order valence-corrected chi connectivity index (χ1v) is 9.24. The van der Waals surface area contributed by atoms with E-state index in [0.717, 1.165) is 40.8 Å². The number of rotatable bonds is 9. The molecule has 0 atom stereocenters. The van der Waals surface area contributed by atoms with Crippen molar-refractivity contribution < 1.29 is 9.53 Å². The van der Waals surface area contributed by atoms with Crippen LogP contribution in [0.15, 0.2) is 42.5 Å². The van der Waals surface area contributed by atoms with E-state index >= 15 is 0 Å². The molecular formula is C22H25NO2. The number of hydrogen-bond acceptors (Lipinski definition) is 3. The molecule has 130 valence electrons. The number of ether oxygens (including phenoxy) is 1. The maximum absolute atomic E-state index is 11.4. The normalized spacial score (nSPS) is 11.1. The van der Waals surface area contributed by atoms with Gasteiger partial charge in [-0.1, -0.05) is 75.4 Å². The Kier molecular flexibility index (Phi) is 5.99. The number of benzene rings is 2. The summed E-state index contributed by atoms with van der Waals surface area (Å²) in [7, 11) is 0. The largest absolute Gasteiger partial charge is 0.477 e. The SMILES string of the molecule is CCCCCCCCOc1nc2c(ccc3ccccc32)cc1C=O. The van der Waals surface area contributed by atoms with Crippen molar-refractivity contribution in [3.8, 4) is 5.88 Å². The van der Waals surface area contributed by atoms with Gasteiger partial charge in [0.25, 0.3) is 0 Å². The Labute approximate surface area is 149 Å². The maximum atomic E-state index is 11.4. The number of aromatic nitrogens is 1. The van der Waals surface area contributed by atoms with Crippen LogP contribution < -0.4 is 4.74 Å². The number of hydrogen-bond donors (Lipinski definition) is 0. The van der Waals surface area contributed by atoms with E-state index in [4.69, 9.17) is 4.74 Å². The molecule has 3 heteroatoms. The summed E-state index contributed by atoms with van der Waals surface area (Å²) in [6.07, 6.45) is 8.08. The van der Waals surface area contributed by atoms with Gasteiger partial charge in [-0.05, 0) is 17.9 Å². The van der Waals surface area contributed by atoms with Crippen LogP contribution in [0.5, 0.6) is 5.88 Å². The minimum absolute atomic E-state index is 0.451. The molecule has 0 saturated carbocycles. The van der Waals surface area contributed by atoms with E-state index in [1.807, 2.05) is 24.3 Å².